The van der Waals surface area contributed by atoms with Gasteiger partial charge in [-0.3, -0.25) is 0 Å². The molecule has 0 saturated carbocycles. The Kier molecular flexibility index (Phi) is 2.42. The van der Waals surface area contributed by atoms with E-state index < -0.39 is 0 Å². The molecule has 1 aromatic rings. The number of halogens is 1. The predicted molar refractivity (Wildman–Crippen MR) is 56.0 cm³/mol. The van der Waals surface area contributed by atoms with Crippen LogP contribution in [-0.4, -0.2) is 12.6 Å². The smallest absolute Gasteiger partial charge is 0.0410 e. The van der Waals surface area contributed by atoms with Gasteiger partial charge in [-0.1, -0.05) is 11.6 Å². The van der Waals surface area contributed by atoms with E-state index in [1.54, 1.807) is 0 Å². The van der Waals surface area contributed by atoms with E-state index >= 15 is 0 Å². The van der Waals surface area contributed by atoms with Crippen molar-refractivity contribution in [3.05, 3.63) is 28.8 Å². The molecular weight excluding hydrogens is 184 g/mol. The number of nitrogens with one attached hydrogen (secondary N) is 1. The maximum Gasteiger partial charge on any atom is 0.0410 e. The number of hydrogen-bond donors (Lipinski definition) is 2. The Balaban J connectivity index is 2.13. The number of hydrogen-bond acceptors (Lipinski definition) is 2. The highest BCUT2D eigenvalue weighted by Gasteiger charge is 2.17. The van der Waals surface area contributed by atoms with Crippen LogP contribution in [0.1, 0.15) is 12.0 Å². The fraction of sp³-hybridized carbons (Fsp3) is 0.400. The molecule has 0 bridgehead atoms. The maximum atomic E-state index is 5.89. The van der Waals surface area contributed by atoms with E-state index in [1.807, 2.05) is 18.2 Å². The Hall–Kier alpha value is -0.730. The summed E-state index contributed by atoms with van der Waals surface area (Å²) in [6, 6.07) is 6.25. The SMILES string of the molecule is Nc1ccc(Cl)cc1CC1CCN1. The van der Waals surface area contributed by atoms with Crippen molar-refractivity contribution in [2.75, 3.05) is 12.3 Å². The van der Waals surface area contributed by atoms with Crippen molar-refractivity contribution in [3.63, 3.8) is 0 Å². The normalized spacial score (nSPS) is 21.2. The average molecular weight is 197 g/mol. The zero-order valence-corrected chi connectivity index (χ0v) is 8.14. The van der Waals surface area contributed by atoms with Gasteiger partial charge in [0, 0.05) is 16.8 Å². The van der Waals surface area contributed by atoms with E-state index in [-0.39, 0.29) is 0 Å². The lowest BCUT2D eigenvalue weighted by molar-refractivity contribution is 0.369. The van der Waals surface area contributed by atoms with Crippen molar-refractivity contribution in [2.24, 2.45) is 0 Å². The summed E-state index contributed by atoms with van der Waals surface area (Å²) in [4.78, 5) is 0. The molecule has 1 heterocycles. The maximum absolute atomic E-state index is 5.89. The van der Waals surface area contributed by atoms with E-state index in [0.29, 0.717) is 6.04 Å². The Bertz CT molecular complexity index is 308. The second-order valence-corrected chi connectivity index (χ2v) is 3.92. The zero-order valence-electron chi connectivity index (χ0n) is 7.39. The Morgan fingerprint density at radius 3 is 2.92 bits per heavy atom. The van der Waals surface area contributed by atoms with Gasteiger partial charge in [-0.2, -0.15) is 0 Å². The first-order valence-electron chi connectivity index (χ1n) is 4.53. The molecule has 0 radical (unpaired) electrons. The van der Waals surface area contributed by atoms with E-state index in [2.05, 4.69) is 5.32 Å². The molecule has 2 rings (SSSR count). The largest absolute Gasteiger partial charge is 0.399 e. The molecule has 2 nitrogen and oxygen atoms in total. The van der Waals surface area contributed by atoms with Crippen molar-refractivity contribution >= 4 is 17.3 Å². The molecule has 1 aliphatic rings. The van der Waals surface area contributed by atoms with Crippen molar-refractivity contribution in [1.82, 2.24) is 5.32 Å². The Morgan fingerprint density at radius 2 is 2.31 bits per heavy atom. The minimum Gasteiger partial charge on any atom is -0.399 e. The molecule has 0 amide bonds. The molecule has 3 N–H and O–H groups in total. The van der Waals surface area contributed by atoms with E-state index in [1.165, 1.54) is 6.42 Å². The summed E-state index contributed by atoms with van der Waals surface area (Å²) in [6.45, 7) is 1.13. The first kappa shape index (κ1) is 8.85. The van der Waals surface area contributed by atoms with Crippen LogP contribution in [0, 0.1) is 0 Å². The number of benzene rings is 1. The van der Waals surface area contributed by atoms with Crippen molar-refractivity contribution in [3.8, 4) is 0 Å². The van der Waals surface area contributed by atoms with Crippen LogP contribution in [0.3, 0.4) is 0 Å². The second-order valence-electron chi connectivity index (χ2n) is 3.49. The molecule has 1 saturated heterocycles. The number of anilines is 1. The molecule has 1 aliphatic heterocycles. The van der Waals surface area contributed by atoms with Crippen molar-refractivity contribution in [1.29, 1.82) is 0 Å². The predicted octanol–water partition coefficient (Wildman–Crippen LogP) is 1.83. The van der Waals surface area contributed by atoms with Gasteiger partial charge >= 0.3 is 0 Å². The van der Waals surface area contributed by atoms with Gasteiger partial charge in [0.25, 0.3) is 0 Å². The topological polar surface area (TPSA) is 38.0 Å². The fourth-order valence-electron chi connectivity index (χ4n) is 1.54. The van der Waals surface area contributed by atoms with Crippen LogP contribution in [0.4, 0.5) is 5.69 Å². The molecule has 0 aliphatic carbocycles. The number of nitrogens with two attached hydrogens (primary N) is 1. The molecule has 0 spiro atoms. The van der Waals surface area contributed by atoms with Crippen LogP contribution < -0.4 is 11.1 Å². The molecule has 1 atom stereocenters. The summed E-state index contributed by atoms with van der Waals surface area (Å²) in [6.07, 6.45) is 2.23. The minimum absolute atomic E-state index is 0.598. The van der Waals surface area contributed by atoms with Crippen LogP contribution in [0.25, 0.3) is 0 Å². The summed E-state index contributed by atoms with van der Waals surface area (Å²) >= 11 is 5.89. The number of rotatable bonds is 2. The molecule has 3 heteroatoms. The first-order chi connectivity index (χ1) is 6.25. The van der Waals surface area contributed by atoms with Gasteiger partial charge in [0.15, 0.2) is 0 Å². The highest BCUT2D eigenvalue weighted by Crippen LogP contribution is 2.21. The van der Waals surface area contributed by atoms with Crippen LogP contribution in [-0.2, 0) is 6.42 Å². The molecule has 0 aromatic heterocycles. The van der Waals surface area contributed by atoms with Gasteiger partial charge in [-0.15, -0.1) is 0 Å². The first-order valence-corrected chi connectivity index (χ1v) is 4.91. The lowest BCUT2D eigenvalue weighted by atomic mass is 9.97. The highest BCUT2D eigenvalue weighted by atomic mass is 35.5. The molecular formula is C10H13ClN2. The van der Waals surface area contributed by atoms with E-state index in [0.717, 1.165) is 29.2 Å². The quantitative estimate of drug-likeness (QED) is 0.709. The van der Waals surface area contributed by atoms with Crippen molar-refractivity contribution in [2.45, 2.75) is 18.9 Å². The van der Waals surface area contributed by atoms with Gasteiger partial charge in [-0.05, 0) is 43.1 Å². The fourth-order valence-corrected chi connectivity index (χ4v) is 1.73. The van der Waals surface area contributed by atoms with E-state index in [9.17, 15) is 0 Å². The zero-order chi connectivity index (χ0) is 9.26. The van der Waals surface area contributed by atoms with Gasteiger partial charge in [0.1, 0.15) is 0 Å². The molecule has 13 heavy (non-hydrogen) atoms. The lowest BCUT2D eigenvalue weighted by Gasteiger charge is -2.28. The monoisotopic (exact) mass is 196 g/mol. The third kappa shape index (κ3) is 1.95. The molecule has 70 valence electrons. The molecule has 1 unspecified atom stereocenters. The van der Waals surface area contributed by atoms with Gasteiger partial charge < -0.3 is 11.1 Å². The number of nitrogen functional groups attached to an aromatic ring is 1. The van der Waals surface area contributed by atoms with Gasteiger partial charge in [0.2, 0.25) is 0 Å². The summed E-state index contributed by atoms with van der Waals surface area (Å²) in [7, 11) is 0. The van der Waals surface area contributed by atoms with Crippen LogP contribution in [0.5, 0.6) is 0 Å². The second kappa shape index (κ2) is 3.56. The summed E-state index contributed by atoms with van der Waals surface area (Å²) in [5, 5.41) is 4.11. The van der Waals surface area contributed by atoms with Crippen molar-refractivity contribution < 1.29 is 0 Å². The van der Waals surface area contributed by atoms with E-state index in [4.69, 9.17) is 17.3 Å². The van der Waals surface area contributed by atoms with Crippen LogP contribution >= 0.6 is 11.6 Å². The summed E-state index contributed by atoms with van der Waals surface area (Å²) < 4.78 is 0. The van der Waals surface area contributed by atoms with Gasteiger partial charge in [-0.25, -0.2) is 0 Å². The minimum atomic E-state index is 0.598. The van der Waals surface area contributed by atoms with Gasteiger partial charge in [0.05, 0.1) is 0 Å². The third-order valence-electron chi connectivity index (χ3n) is 2.50. The molecule has 1 aromatic carbocycles. The lowest BCUT2D eigenvalue weighted by Crippen LogP contribution is -2.44. The standard InChI is InChI=1S/C10H13ClN2/c11-8-1-2-10(12)7(5-8)6-9-3-4-13-9/h1-2,5,9,13H,3-4,6,12H2. The average Bonchev–Trinajstić information content (AvgIpc) is 2.03. The summed E-state index contributed by atoms with van der Waals surface area (Å²) in [5.41, 5.74) is 7.83. The highest BCUT2D eigenvalue weighted by molar-refractivity contribution is 6.30. The van der Waals surface area contributed by atoms with Crippen LogP contribution in [0.2, 0.25) is 5.02 Å². The Morgan fingerprint density at radius 1 is 1.54 bits per heavy atom. The Labute approximate surface area is 83.1 Å². The third-order valence-corrected chi connectivity index (χ3v) is 2.73. The van der Waals surface area contributed by atoms with Crippen LogP contribution in [0.15, 0.2) is 18.2 Å². The molecule has 1 fully saturated rings. The summed E-state index contributed by atoms with van der Waals surface area (Å²) in [5.74, 6) is 0.